The third-order valence-corrected chi connectivity index (χ3v) is 4.81. The lowest BCUT2D eigenvalue weighted by Gasteiger charge is -2.31. The van der Waals surface area contributed by atoms with E-state index < -0.39 is 17.3 Å². The molecule has 0 bridgehead atoms. The van der Waals surface area contributed by atoms with Crippen LogP contribution in [0.3, 0.4) is 0 Å². The third kappa shape index (κ3) is 4.36. The van der Waals surface area contributed by atoms with Crippen LogP contribution in [-0.4, -0.2) is 19.9 Å². The average Bonchev–Trinajstić information content (AvgIpc) is 3.14. The highest BCUT2D eigenvalue weighted by atomic mass is 35.5. The maximum atomic E-state index is 13.9. The number of hydrogen-bond donors (Lipinski definition) is 1. The van der Waals surface area contributed by atoms with Gasteiger partial charge in [-0.15, -0.1) is 0 Å². The molecule has 0 radical (unpaired) electrons. The first-order chi connectivity index (χ1) is 13.2. The number of hydrogen-bond acceptors (Lipinski definition) is 3. The second-order valence-corrected chi connectivity index (χ2v) is 7.08. The van der Waals surface area contributed by atoms with Crippen LogP contribution >= 0.6 is 11.6 Å². The number of alkyl halides is 3. The van der Waals surface area contributed by atoms with Crippen LogP contribution in [0, 0.1) is 0 Å². The molecule has 0 amide bonds. The molecule has 28 heavy (non-hydrogen) atoms. The van der Waals surface area contributed by atoms with Crippen molar-refractivity contribution in [2.24, 2.45) is 0 Å². The quantitative estimate of drug-likeness (QED) is 0.600. The SMILES string of the molecule is CCCC(O)(Cn1cncn1)c1ccc(-c2ccc(Cl)cc2)cc1C(F)(F)F. The van der Waals surface area contributed by atoms with Gasteiger partial charge in [-0.2, -0.15) is 18.3 Å². The van der Waals surface area contributed by atoms with Gasteiger partial charge in [0.05, 0.1) is 12.1 Å². The number of aliphatic hydroxyl groups is 1. The summed E-state index contributed by atoms with van der Waals surface area (Å²) in [7, 11) is 0. The number of halogens is 4. The Morgan fingerprint density at radius 1 is 1.04 bits per heavy atom. The lowest BCUT2D eigenvalue weighted by atomic mass is 9.84. The molecule has 0 fully saturated rings. The number of aromatic nitrogens is 3. The summed E-state index contributed by atoms with van der Waals surface area (Å²) in [6.45, 7) is 1.69. The monoisotopic (exact) mass is 409 g/mol. The molecule has 1 unspecified atom stereocenters. The molecule has 4 nitrogen and oxygen atoms in total. The summed E-state index contributed by atoms with van der Waals surface area (Å²) in [4.78, 5) is 3.80. The van der Waals surface area contributed by atoms with Gasteiger partial charge in [0.25, 0.3) is 0 Å². The molecule has 1 heterocycles. The van der Waals surface area contributed by atoms with E-state index in [-0.39, 0.29) is 18.5 Å². The predicted molar refractivity (Wildman–Crippen MR) is 101 cm³/mol. The van der Waals surface area contributed by atoms with Crippen molar-refractivity contribution < 1.29 is 18.3 Å². The maximum Gasteiger partial charge on any atom is 0.416 e. The second-order valence-electron chi connectivity index (χ2n) is 6.64. The molecule has 0 aliphatic rings. The summed E-state index contributed by atoms with van der Waals surface area (Å²) >= 11 is 5.86. The minimum atomic E-state index is -4.62. The Bertz CT molecular complexity index is 927. The summed E-state index contributed by atoms with van der Waals surface area (Å²) in [5.74, 6) is 0. The van der Waals surface area contributed by atoms with Crippen LogP contribution in [0.4, 0.5) is 13.2 Å². The van der Waals surface area contributed by atoms with Crippen LogP contribution in [-0.2, 0) is 18.3 Å². The van der Waals surface area contributed by atoms with Crippen molar-refractivity contribution in [1.82, 2.24) is 14.8 Å². The van der Waals surface area contributed by atoms with Crippen LogP contribution in [0.5, 0.6) is 0 Å². The van der Waals surface area contributed by atoms with Crippen molar-refractivity contribution in [3.8, 4) is 11.1 Å². The Balaban J connectivity index is 2.11. The minimum absolute atomic E-state index is 0.121. The lowest BCUT2D eigenvalue weighted by molar-refractivity contribution is -0.141. The predicted octanol–water partition coefficient (Wildman–Crippen LogP) is 5.31. The zero-order valence-corrected chi connectivity index (χ0v) is 15.9. The van der Waals surface area contributed by atoms with Gasteiger partial charge in [0.15, 0.2) is 0 Å². The number of benzene rings is 2. The molecular weight excluding hydrogens is 391 g/mol. The van der Waals surface area contributed by atoms with Crippen LogP contribution in [0.1, 0.15) is 30.9 Å². The first-order valence-electron chi connectivity index (χ1n) is 8.75. The van der Waals surface area contributed by atoms with Crippen molar-refractivity contribution >= 4 is 11.6 Å². The molecule has 148 valence electrons. The van der Waals surface area contributed by atoms with E-state index in [0.29, 0.717) is 22.6 Å². The first kappa shape index (κ1) is 20.4. The molecule has 0 saturated heterocycles. The van der Waals surface area contributed by atoms with Gasteiger partial charge < -0.3 is 5.11 Å². The minimum Gasteiger partial charge on any atom is -0.383 e. The van der Waals surface area contributed by atoms with Gasteiger partial charge in [-0.25, -0.2) is 9.67 Å². The Labute approximate surface area is 165 Å². The van der Waals surface area contributed by atoms with Gasteiger partial charge >= 0.3 is 6.18 Å². The highest BCUT2D eigenvalue weighted by Crippen LogP contribution is 2.41. The van der Waals surface area contributed by atoms with Crippen molar-refractivity contribution in [2.45, 2.75) is 38.1 Å². The van der Waals surface area contributed by atoms with E-state index in [9.17, 15) is 18.3 Å². The van der Waals surface area contributed by atoms with Crippen molar-refractivity contribution in [2.75, 3.05) is 0 Å². The van der Waals surface area contributed by atoms with Gasteiger partial charge in [-0.3, -0.25) is 0 Å². The molecule has 0 saturated carbocycles. The topological polar surface area (TPSA) is 50.9 Å². The van der Waals surface area contributed by atoms with Crippen LogP contribution in [0.2, 0.25) is 5.02 Å². The molecule has 2 aromatic carbocycles. The van der Waals surface area contributed by atoms with Crippen molar-refractivity contribution in [3.63, 3.8) is 0 Å². The van der Waals surface area contributed by atoms with Gasteiger partial charge in [-0.1, -0.05) is 49.2 Å². The average molecular weight is 410 g/mol. The van der Waals surface area contributed by atoms with E-state index in [1.165, 1.54) is 23.4 Å². The van der Waals surface area contributed by atoms with Gasteiger partial charge in [-0.05, 0) is 41.3 Å². The first-order valence-corrected chi connectivity index (χ1v) is 9.13. The Hall–Kier alpha value is -2.38. The zero-order valence-electron chi connectivity index (χ0n) is 15.1. The Morgan fingerprint density at radius 3 is 2.29 bits per heavy atom. The molecular formula is C20H19ClF3N3O. The normalized spacial score (nSPS) is 14.1. The Morgan fingerprint density at radius 2 is 1.71 bits per heavy atom. The Kier molecular flexibility index (Phi) is 5.76. The highest BCUT2D eigenvalue weighted by Gasteiger charge is 2.41. The zero-order chi connectivity index (χ0) is 20.4. The second kappa shape index (κ2) is 7.93. The molecule has 1 atom stereocenters. The molecule has 0 aliphatic carbocycles. The summed E-state index contributed by atoms with van der Waals surface area (Å²) in [5.41, 5.74) is -1.76. The van der Waals surface area contributed by atoms with Crippen molar-refractivity contribution in [1.29, 1.82) is 0 Å². The third-order valence-electron chi connectivity index (χ3n) is 4.56. The molecule has 1 aromatic heterocycles. The smallest absolute Gasteiger partial charge is 0.383 e. The molecule has 8 heteroatoms. The highest BCUT2D eigenvalue weighted by molar-refractivity contribution is 6.30. The number of rotatable bonds is 6. The van der Waals surface area contributed by atoms with E-state index >= 15 is 0 Å². The van der Waals surface area contributed by atoms with Crippen LogP contribution in [0.15, 0.2) is 55.1 Å². The van der Waals surface area contributed by atoms with E-state index in [2.05, 4.69) is 10.1 Å². The summed E-state index contributed by atoms with van der Waals surface area (Å²) in [6, 6.07) is 10.6. The van der Waals surface area contributed by atoms with Crippen LogP contribution in [0.25, 0.3) is 11.1 Å². The molecule has 1 N–H and O–H groups in total. The van der Waals surface area contributed by atoms with Gasteiger partial charge in [0.1, 0.15) is 18.3 Å². The van der Waals surface area contributed by atoms with Gasteiger partial charge in [0, 0.05) is 5.02 Å². The summed E-state index contributed by atoms with van der Waals surface area (Å²) in [5, 5.41) is 15.6. The largest absolute Gasteiger partial charge is 0.416 e. The summed E-state index contributed by atoms with van der Waals surface area (Å²) in [6.07, 6.45) is -1.32. The van der Waals surface area contributed by atoms with E-state index in [1.54, 1.807) is 30.3 Å². The fourth-order valence-electron chi connectivity index (χ4n) is 3.30. The van der Waals surface area contributed by atoms with E-state index in [0.717, 1.165) is 6.07 Å². The van der Waals surface area contributed by atoms with Gasteiger partial charge in [0.2, 0.25) is 0 Å². The molecule has 0 spiro atoms. The lowest BCUT2D eigenvalue weighted by Crippen LogP contribution is -2.34. The van der Waals surface area contributed by atoms with Crippen LogP contribution < -0.4 is 0 Å². The fourth-order valence-corrected chi connectivity index (χ4v) is 3.43. The summed E-state index contributed by atoms with van der Waals surface area (Å²) < 4.78 is 43.0. The fraction of sp³-hybridized carbons (Fsp3) is 0.300. The van der Waals surface area contributed by atoms with E-state index in [4.69, 9.17) is 11.6 Å². The molecule has 3 rings (SSSR count). The molecule has 3 aromatic rings. The van der Waals surface area contributed by atoms with E-state index in [1.807, 2.05) is 6.92 Å². The number of nitrogens with zero attached hydrogens (tertiary/aromatic N) is 3. The van der Waals surface area contributed by atoms with Crippen molar-refractivity contribution in [3.05, 3.63) is 71.3 Å². The standard InChI is InChI=1S/C20H19ClF3N3O/c1-2-9-19(28,11-27-13-25-12-26-27)17-8-5-15(10-18(17)20(22,23)24)14-3-6-16(21)7-4-14/h3-8,10,12-13,28H,2,9,11H2,1H3. The molecule has 0 aliphatic heterocycles. The maximum absolute atomic E-state index is 13.9.